The molecule has 0 aliphatic rings. The molecule has 3 aromatic carbocycles. The highest BCUT2D eigenvalue weighted by Crippen LogP contribution is 2.50. The van der Waals surface area contributed by atoms with Crippen LogP contribution in [-0.2, 0) is 57.2 Å². The Morgan fingerprint density at radius 2 is 0.402 bits per heavy atom. The van der Waals surface area contributed by atoms with Gasteiger partial charge in [-0.05, 0) is 115 Å². The maximum Gasteiger partial charge on any atom is 0.340 e. The Bertz CT molecular complexity index is 2420. The van der Waals surface area contributed by atoms with E-state index in [4.69, 9.17) is 56.8 Å². The molecule has 3 rings (SSSR count). The maximum atomic E-state index is 14.6. The summed E-state index contributed by atoms with van der Waals surface area (Å²) in [6, 6.07) is 5.52. The topological polar surface area (TPSA) is 213 Å². The van der Waals surface area contributed by atoms with Crippen LogP contribution in [0.3, 0.4) is 0 Å². The van der Waals surface area contributed by atoms with Crippen LogP contribution in [0.5, 0.6) is 34.5 Å². The van der Waals surface area contributed by atoms with Gasteiger partial charge in [0.05, 0.1) is 0 Å². The molecule has 18 heteroatoms. The SMILES string of the molecule is CCCCCCCO[C@@H](C)C(=O)Oc1cc2c(OC(=O)[C@H](C)OCCCCCCC)c(OC(=O)[C@H](C)OCCCCCCC)c3cc(OC(=O)[C@H](C)OCCCCCCC)c(OC(=O)[C@H](C)OCCCCCCC)cc3c2cc1OC(=O)[C@H](C)OCCCCCCC. The minimum Gasteiger partial charge on any atom is -0.421 e. The summed E-state index contributed by atoms with van der Waals surface area (Å²) in [7, 11) is 0. The van der Waals surface area contributed by atoms with E-state index in [9.17, 15) is 28.8 Å². The van der Waals surface area contributed by atoms with Gasteiger partial charge in [0.1, 0.15) is 0 Å². The largest absolute Gasteiger partial charge is 0.421 e. The summed E-state index contributed by atoms with van der Waals surface area (Å²) in [6.45, 7) is 23.8. The van der Waals surface area contributed by atoms with Crippen LogP contribution < -0.4 is 28.4 Å². The van der Waals surface area contributed by atoms with Gasteiger partial charge in [-0.3, -0.25) is 0 Å². The minimum atomic E-state index is -1.15. The molecular formula is C74H118O18. The van der Waals surface area contributed by atoms with E-state index < -0.39 is 72.4 Å². The molecule has 0 unspecified atom stereocenters. The molecule has 0 spiro atoms. The summed E-state index contributed by atoms with van der Waals surface area (Å²) in [5.74, 6) is -6.79. The van der Waals surface area contributed by atoms with Crippen molar-refractivity contribution in [3.63, 3.8) is 0 Å². The number of rotatable bonds is 54. The Morgan fingerprint density at radius 3 is 0.587 bits per heavy atom. The van der Waals surface area contributed by atoms with Crippen molar-refractivity contribution in [3.8, 4) is 34.5 Å². The lowest BCUT2D eigenvalue weighted by atomic mass is 9.98. The van der Waals surface area contributed by atoms with Crippen molar-refractivity contribution in [3.05, 3.63) is 24.3 Å². The molecule has 0 aliphatic heterocycles. The van der Waals surface area contributed by atoms with Gasteiger partial charge in [0.2, 0.25) is 0 Å². The third-order valence-corrected chi connectivity index (χ3v) is 16.1. The van der Waals surface area contributed by atoms with Crippen molar-refractivity contribution in [2.45, 2.75) is 312 Å². The van der Waals surface area contributed by atoms with Gasteiger partial charge in [0.25, 0.3) is 0 Å². The second-order valence-electron chi connectivity index (χ2n) is 24.4. The molecular weight excluding hydrogens is 1180 g/mol. The van der Waals surface area contributed by atoms with E-state index in [1.807, 2.05) is 0 Å². The fourth-order valence-corrected chi connectivity index (χ4v) is 10.0. The Morgan fingerprint density at radius 1 is 0.239 bits per heavy atom. The van der Waals surface area contributed by atoms with Crippen molar-refractivity contribution in [2.24, 2.45) is 0 Å². The van der Waals surface area contributed by atoms with E-state index >= 15 is 0 Å². The summed E-state index contributed by atoms with van der Waals surface area (Å²) < 4.78 is 73.5. The third-order valence-electron chi connectivity index (χ3n) is 16.1. The highest BCUT2D eigenvalue weighted by Gasteiger charge is 2.32. The molecule has 0 aliphatic carbocycles. The molecule has 0 N–H and O–H groups in total. The number of hydrogen-bond acceptors (Lipinski definition) is 18. The predicted molar refractivity (Wildman–Crippen MR) is 360 cm³/mol. The minimum absolute atomic E-state index is 0.0103. The lowest BCUT2D eigenvalue weighted by Crippen LogP contribution is -2.29. The average molecular weight is 1300 g/mol. The van der Waals surface area contributed by atoms with Crippen LogP contribution in [0.15, 0.2) is 24.3 Å². The molecule has 18 nitrogen and oxygen atoms in total. The first-order valence-corrected chi connectivity index (χ1v) is 35.6. The van der Waals surface area contributed by atoms with Crippen molar-refractivity contribution < 1.29 is 85.6 Å². The molecule has 0 aromatic heterocycles. The van der Waals surface area contributed by atoms with E-state index in [1.54, 1.807) is 41.5 Å². The zero-order valence-corrected chi connectivity index (χ0v) is 58.6. The molecule has 6 atom stereocenters. The fourth-order valence-electron chi connectivity index (χ4n) is 10.0. The number of carbonyl (C=O) groups excluding carboxylic acids is 6. The number of carbonyl (C=O) groups is 6. The van der Waals surface area contributed by atoms with Crippen molar-refractivity contribution in [1.82, 2.24) is 0 Å². The predicted octanol–water partition coefficient (Wildman–Crippen LogP) is 17.7. The highest BCUT2D eigenvalue weighted by molar-refractivity contribution is 6.17. The number of hydrogen-bond donors (Lipinski definition) is 0. The first-order chi connectivity index (χ1) is 44.5. The van der Waals surface area contributed by atoms with Crippen LogP contribution in [-0.4, -0.2) is 112 Å². The van der Waals surface area contributed by atoms with Crippen LogP contribution in [0, 0.1) is 0 Å². The molecule has 3 aromatic rings. The van der Waals surface area contributed by atoms with Crippen molar-refractivity contribution in [2.75, 3.05) is 39.6 Å². The quantitative estimate of drug-likeness (QED) is 0.0222. The summed E-state index contributed by atoms with van der Waals surface area (Å²) >= 11 is 0. The average Bonchev–Trinajstić information content (AvgIpc) is 0.747. The zero-order chi connectivity index (χ0) is 67.5. The number of benzene rings is 3. The van der Waals surface area contributed by atoms with E-state index in [-0.39, 0.29) is 95.7 Å². The number of ether oxygens (including phenoxy) is 12. The van der Waals surface area contributed by atoms with Crippen LogP contribution in [0.2, 0.25) is 0 Å². The molecule has 0 heterocycles. The molecule has 0 bridgehead atoms. The smallest absolute Gasteiger partial charge is 0.340 e. The van der Waals surface area contributed by atoms with Crippen LogP contribution in [0.1, 0.15) is 276 Å². The number of unbranched alkanes of at least 4 members (excludes halogenated alkanes) is 24. The summed E-state index contributed by atoms with van der Waals surface area (Å²) in [5, 5.41) is 0.323. The van der Waals surface area contributed by atoms with Crippen LogP contribution >= 0.6 is 0 Å². The van der Waals surface area contributed by atoms with Gasteiger partial charge in [-0.25, -0.2) is 28.8 Å². The number of fused-ring (bicyclic) bond motifs is 3. The third kappa shape index (κ3) is 30.9. The summed E-state index contributed by atoms with van der Waals surface area (Å²) in [5.41, 5.74) is 0. The van der Waals surface area contributed by atoms with E-state index in [0.717, 1.165) is 180 Å². The van der Waals surface area contributed by atoms with Gasteiger partial charge in [-0.1, -0.05) is 196 Å². The molecule has 0 fully saturated rings. The normalized spacial score (nSPS) is 13.5. The van der Waals surface area contributed by atoms with Crippen LogP contribution in [0.4, 0.5) is 0 Å². The lowest BCUT2D eigenvalue weighted by Gasteiger charge is -2.23. The van der Waals surface area contributed by atoms with Gasteiger partial charge < -0.3 is 56.8 Å². The van der Waals surface area contributed by atoms with Gasteiger partial charge in [0, 0.05) is 50.4 Å². The Balaban J connectivity index is 2.52. The van der Waals surface area contributed by atoms with E-state index in [2.05, 4.69) is 41.5 Å². The molecule has 92 heavy (non-hydrogen) atoms. The van der Waals surface area contributed by atoms with Gasteiger partial charge in [0.15, 0.2) is 71.1 Å². The van der Waals surface area contributed by atoms with Gasteiger partial charge >= 0.3 is 35.8 Å². The fraction of sp³-hybridized carbons (Fsp3) is 0.730. The first kappa shape index (κ1) is 81.0. The highest BCUT2D eigenvalue weighted by atomic mass is 16.6. The molecule has 522 valence electrons. The Kier molecular flexibility index (Phi) is 42.7. The number of esters is 6. The second-order valence-corrected chi connectivity index (χ2v) is 24.4. The second kappa shape index (κ2) is 48.5. The zero-order valence-electron chi connectivity index (χ0n) is 58.6. The van der Waals surface area contributed by atoms with Crippen LogP contribution in [0.25, 0.3) is 21.5 Å². The Labute approximate surface area is 551 Å². The maximum absolute atomic E-state index is 14.6. The summed E-state index contributed by atoms with van der Waals surface area (Å²) in [4.78, 5) is 86.2. The first-order valence-electron chi connectivity index (χ1n) is 35.6. The monoisotopic (exact) mass is 1290 g/mol. The van der Waals surface area contributed by atoms with Crippen molar-refractivity contribution in [1.29, 1.82) is 0 Å². The molecule has 0 saturated carbocycles. The summed E-state index contributed by atoms with van der Waals surface area (Å²) in [6.07, 6.45) is 22.1. The van der Waals surface area contributed by atoms with E-state index in [0.29, 0.717) is 12.8 Å². The van der Waals surface area contributed by atoms with Crippen molar-refractivity contribution >= 4 is 57.4 Å². The van der Waals surface area contributed by atoms with E-state index in [1.165, 1.54) is 24.3 Å². The molecule has 0 saturated heterocycles. The Hall–Kier alpha value is -5.24. The van der Waals surface area contributed by atoms with Gasteiger partial charge in [-0.2, -0.15) is 0 Å². The lowest BCUT2D eigenvalue weighted by molar-refractivity contribution is -0.149. The standard InChI is InChI=1S/C74H118O18/c1-13-19-25-31-37-43-81-53(7)69(75)87-63-49-59-60-50-64(88-70(76)54(8)82-44-38-32-26-20-14-2)66(90-72(78)56(10)84-46-40-34-28-22-16-4)52-62(60)68(92-74(80)58(12)86-48-42-36-30-24-18-6)67(91-73(79)57(11)85-47-41-35-29-23-17-5)61(59)51-65(63)89-71(77)55(9)83-45-39-33-27-21-15-3/h49-58H,13-48H2,1-12H3/t53-,54-,55-,56-,57-,58-/m0/s1. The van der Waals surface area contributed by atoms with Gasteiger partial charge in [-0.15, -0.1) is 0 Å². The molecule has 0 radical (unpaired) electrons. The molecule has 0 amide bonds.